The third-order valence-electron chi connectivity index (χ3n) is 2.18. The van der Waals surface area contributed by atoms with Crippen LogP contribution >= 0.6 is 0 Å². The van der Waals surface area contributed by atoms with Crippen molar-refractivity contribution in [3.8, 4) is 5.82 Å². The summed E-state index contributed by atoms with van der Waals surface area (Å²) in [5.74, 6) is 0.462. The molecule has 0 aromatic carbocycles. The second kappa shape index (κ2) is 3.23. The van der Waals surface area contributed by atoms with E-state index in [4.69, 9.17) is 0 Å². The van der Waals surface area contributed by atoms with Crippen LogP contribution in [0.1, 0.15) is 0 Å². The third kappa shape index (κ3) is 1.61. The van der Waals surface area contributed by atoms with Crippen molar-refractivity contribution in [3.05, 3.63) is 45.6 Å². The lowest BCUT2D eigenvalue weighted by molar-refractivity contribution is -0.670. The predicted molar refractivity (Wildman–Crippen MR) is 52.8 cm³/mol. The summed E-state index contributed by atoms with van der Waals surface area (Å²) in [6, 6.07) is 1.38. The molecule has 0 saturated heterocycles. The van der Waals surface area contributed by atoms with Gasteiger partial charge in [-0.3, -0.25) is 14.3 Å². The molecule has 0 spiro atoms. The van der Waals surface area contributed by atoms with Crippen LogP contribution in [0.25, 0.3) is 5.82 Å². The number of H-pyrrole nitrogens is 1. The molecule has 0 amide bonds. The van der Waals surface area contributed by atoms with E-state index in [1.165, 1.54) is 13.1 Å². The van der Waals surface area contributed by atoms with Crippen LogP contribution in [-0.2, 0) is 14.1 Å². The number of aromatic amines is 1. The van der Waals surface area contributed by atoms with Gasteiger partial charge in [-0.05, 0) is 0 Å². The van der Waals surface area contributed by atoms with Gasteiger partial charge in [0.05, 0.1) is 13.1 Å². The number of aromatic nitrogens is 4. The first kappa shape index (κ1) is 9.45. The van der Waals surface area contributed by atoms with E-state index < -0.39 is 5.69 Å². The Kier molecular flexibility index (Phi) is 2.03. The molecule has 0 aliphatic rings. The number of rotatable bonds is 1. The van der Waals surface area contributed by atoms with Crippen LogP contribution in [0.15, 0.2) is 34.4 Å². The number of imidazole rings is 1. The summed E-state index contributed by atoms with van der Waals surface area (Å²) < 4.78 is 4.51. The molecule has 2 heterocycles. The largest absolute Gasteiger partial charge is 0.331 e. The van der Waals surface area contributed by atoms with E-state index in [1.54, 1.807) is 17.1 Å². The minimum Gasteiger partial charge on any atom is -0.274 e. The van der Waals surface area contributed by atoms with Crippen LogP contribution in [0, 0.1) is 0 Å². The maximum absolute atomic E-state index is 11.4. The zero-order valence-electron chi connectivity index (χ0n) is 8.47. The van der Waals surface area contributed by atoms with Crippen molar-refractivity contribution in [2.24, 2.45) is 14.1 Å². The van der Waals surface area contributed by atoms with Crippen molar-refractivity contribution in [2.75, 3.05) is 0 Å². The Bertz CT molecular complexity index is 574. The molecule has 6 heteroatoms. The molecule has 0 fully saturated rings. The second-order valence-electron chi connectivity index (χ2n) is 3.34. The first-order valence-electron chi connectivity index (χ1n) is 4.42. The Morgan fingerprint density at radius 2 is 2.13 bits per heavy atom. The first-order valence-corrected chi connectivity index (χ1v) is 4.42. The fourth-order valence-electron chi connectivity index (χ4n) is 1.28. The van der Waals surface area contributed by atoms with E-state index in [-0.39, 0.29) is 5.56 Å². The van der Waals surface area contributed by atoms with Gasteiger partial charge in [-0.2, -0.15) is 4.57 Å². The van der Waals surface area contributed by atoms with Crippen molar-refractivity contribution in [2.45, 2.75) is 0 Å². The minimum atomic E-state index is -0.422. The Hall–Kier alpha value is -2.11. The third-order valence-corrected chi connectivity index (χ3v) is 2.18. The fraction of sp³-hybridized carbons (Fsp3) is 0.222. The predicted octanol–water partition coefficient (Wildman–Crippen LogP) is -1.31. The molecule has 6 nitrogen and oxygen atoms in total. The van der Waals surface area contributed by atoms with Gasteiger partial charge in [-0.15, -0.1) is 0 Å². The molecule has 0 aliphatic carbocycles. The Morgan fingerprint density at radius 1 is 1.40 bits per heavy atom. The number of hydrogen-bond acceptors (Lipinski definition) is 2. The van der Waals surface area contributed by atoms with Crippen molar-refractivity contribution in [1.82, 2.24) is 14.1 Å². The van der Waals surface area contributed by atoms with Gasteiger partial charge >= 0.3 is 5.69 Å². The summed E-state index contributed by atoms with van der Waals surface area (Å²) in [6.45, 7) is 0. The van der Waals surface area contributed by atoms with Crippen LogP contribution in [0.3, 0.4) is 0 Å². The standard InChI is InChI=1S/C9H10N4O2/c1-11-3-4-13(6-11)7-5-8(14)12(2)9(15)10-7/h3-6H,1-2H3/p+1. The lowest BCUT2D eigenvalue weighted by atomic mass is 10.5. The second-order valence-corrected chi connectivity index (χ2v) is 3.34. The topological polar surface area (TPSA) is 63.7 Å². The molecule has 0 bridgehead atoms. The summed E-state index contributed by atoms with van der Waals surface area (Å²) in [5.41, 5.74) is -0.751. The molecule has 0 aliphatic heterocycles. The van der Waals surface area contributed by atoms with E-state index in [0.29, 0.717) is 5.82 Å². The highest BCUT2D eigenvalue weighted by molar-refractivity contribution is 5.18. The van der Waals surface area contributed by atoms with Crippen LogP contribution < -0.4 is 15.8 Å². The molecule has 15 heavy (non-hydrogen) atoms. The number of nitrogens with zero attached hydrogens (tertiary/aromatic N) is 3. The van der Waals surface area contributed by atoms with E-state index >= 15 is 0 Å². The van der Waals surface area contributed by atoms with Gasteiger partial charge in [-0.25, -0.2) is 9.36 Å². The highest BCUT2D eigenvalue weighted by Gasteiger charge is 2.07. The van der Waals surface area contributed by atoms with Crippen LogP contribution in [0.2, 0.25) is 0 Å². The van der Waals surface area contributed by atoms with Gasteiger partial charge in [0.1, 0.15) is 12.4 Å². The van der Waals surface area contributed by atoms with Crippen molar-refractivity contribution in [3.63, 3.8) is 0 Å². The number of hydrogen-bond donors (Lipinski definition) is 1. The zero-order valence-corrected chi connectivity index (χ0v) is 8.47. The monoisotopic (exact) mass is 207 g/mol. The van der Waals surface area contributed by atoms with E-state index in [1.807, 2.05) is 17.8 Å². The van der Waals surface area contributed by atoms with E-state index in [2.05, 4.69) is 4.98 Å². The van der Waals surface area contributed by atoms with Gasteiger partial charge in [-0.1, -0.05) is 0 Å². The maximum atomic E-state index is 11.4. The molecular weight excluding hydrogens is 196 g/mol. The van der Waals surface area contributed by atoms with Crippen LogP contribution in [0.5, 0.6) is 0 Å². The van der Waals surface area contributed by atoms with E-state index in [0.717, 1.165) is 4.57 Å². The molecule has 1 N–H and O–H groups in total. The van der Waals surface area contributed by atoms with Crippen LogP contribution in [-0.4, -0.2) is 14.1 Å². The summed E-state index contributed by atoms with van der Waals surface area (Å²) in [5, 5.41) is 0. The Labute approximate surface area is 85.0 Å². The molecule has 0 radical (unpaired) electrons. The summed E-state index contributed by atoms with van der Waals surface area (Å²) in [6.07, 6.45) is 5.32. The molecule has 0 atom stereocenters. The van der Waals surface area contributed by atoms with Gasteiger partial charge < -0.3 is 0 Å². The number of nitrogens with one attached hydrogen (secondary N) is 1. The van der Waals surface area contributed by atoms with Crippen LogP contribution in [0.4, 0.5) is 0 Å². The SMILES string of the molecule is Cn1c(=O)cc(-n2cc[n+](C)c2)[nH]c1=O. The molecule has 2 aromatic rings. The van der Waals surface area contributed by atoms with Gasteiger partial charge in [0, 0.05) is 7.05 Å². The molecular formula is C9H11N4O2+. The quantitative estimate of drug-likeness (QED) is 0.590. The van der Waals surface area contributed by atoms with Crippen molar-refractivity contribution < 1.29 is 4.57 Å². The highest BCUT2D eigenvalue weighted by atomic mass is 16.2. The average Bonchev–Trinajstić information content (AvgIpc) is 2.60. The maximum Gasteiger partial charge on any atom is 0.331 e. The Balaban J connectivity index is 2.65. The zero-order chi connectivity index (χ0) is 11.0. The summed E-state index contributed by atoms with van der Waals surface area (Å²) in [7, 11) is 3.29. The molecule has 78 valence electrons. The number of aryl methyl sites for hydroxylation is 1. The smallest absolute Gasteiger partial charge is 0.274 e. The van der Waals surface area contributed by atoms with Crippen molar-refractivity contribution in [1.29, 1.82) is 0 Å². The lowest BCUT2D eigenvalue weighted by Gasteiger charge is -1.97. The highest BCUT2D eigenvalue weighted by Crippen LogP contribution is 1.94. The summed E-state index contributed by atoms with van der Waals surface area (Å²) >= 11 is 0. The van der Waals surface area contributed by atoms with Gasteiger partial charge in [0.15, 0.2) is 0 Å². The average molecular weight is 207 g/mol. The molecule has 0 saturated carbocycles. The molecule has 0 unspecified atom stereocenters. The lowest BCUT2D eigenvalue weighted by Crippen LogP contribution is -2.33. The van der Waals surface area contributed by atoms with E-state index in [9.17, 15) is 9.59 Å². The normalized spacial score (nSPS) is 10.5. The Morgan fingerprint density at radius 3 is 2.67 bits per heavy atom. The summed E-state index contributed by atoms with van der Waals surface area (Å²) in [4.78, 5) is 25.3. The molecule has 2 rings (SSSR count). The van der Waals surface area contributed by atoms with Gasteiger partial charge in [0.25, 0.3) is 5.56 Å². The van der Waals surface area contributed by atoms with Crippen molar-refractivity contribution >= 4 is 0 Å². The van der Waals surface area contributed by atoms with Gasteiger partial charge in [0.2, 0.25) is 12.1 Å². The minimum absolute atomic E-state index is 0.329. The fourth-order valence-corrected chi connectivity index (χ4v) is 1.28. The first-order chi connectivity index (χ1) is 7.08. The molecule has 2 aromatic heterocycles.